The fourth-order valence-electron chi connectivity index (χ4n) is 5.81. The van der Waals surface area contributed by atoms with Gasteiger partial charge < -0.3 is 10.2 Å². The van der Waals surface area contributed by atoms with Crippen molar-refractivity contribution >= 4 is 0 Å². The molecule has 2 heteroatoms. The number of allylic oxidation sites excluding steroid dienone is 6. The SMILES string of the molecule is C#CC=CCCCCCCCCCCCCCCCC=CCCCCC=CCCCCC#CC(O)C#CCCCCCCCCC(O)C#C. The Kier molecular flexibility index (Phi) is 39.3. The highest BCUT2D eigenvalue weighted by atomic mass is 16.3. The maximum atomic E-state index is 9.92. The quantitative estimate of drug-likeness (QED) is 0.0414. The van der Waals surface area contributed by atoms with Crippen molar-refractivity contribution < 1.29 is 10.2 Å². The molecule has 2 unspecified atom stereocenters. The summed E-state index contributed by atoms with van der Waals surface area (Å²) >= 11 is 0. The lowest BCUT2D eigenvalue weighted by Gasteiger charge is -2.03. The van der Waals surface area contributed by atoms with Gasteiger partial charge in [0.2, 0.25) is 0 Å². The van der Waals surface area contributed by atoms with Gasteiger partial charge in [0.25, 0.3) is 0 Å². The van der Waals surface area contributed by atoms with E-state index in [-0.39, 0.29) is 0 Å². The van der Waals surface area contributed by atoms with Crippen molar-refractivity contribution in [3.63, 3.8) is 0 Å². The van der Waals surface area contributed by atoms with Gasteiger partial charge in [-0.25, -0.2) is 0 Å². The average molecular weight is 671 g/mol. The molecular weight excluding hydrogens is 597 g/mol. The lowest BCUT2D eigenvalue weighted by Crippen LogP contribution is -2.01. The van der Waals surface area contributed by atoms with Crippen LogP contribution in [0.25, 0.3) is 0 Å². The Morgan fingerprint density at radius 2 is 0.735 bits per heavy atom. The summed E-state index contributed by atoms with van der Waals surface area (Å²) < 4.78 is 0. The molecule has 2 nitrogen and oxygen atoms in total. The molecule has 0 aromatic rings. The molecule has 0 aliphatic rings. The van der Waals surface area contributed by atoms with Gasteiger partial charge in [0.15, 0.2) is 6.10 Å². The first-order valence-electron chi connectivity index (χ1n) is 20.4. The van der Waals surface area contributed by atoms with E-state index in [1.165, 1.54) is 128 Å². The predicted octanol–water partition coefficient (Wildman–Crippen LogP) is 12.7. The van der Waals surface area contributed by atoms with E-state index in [9.17, 15) is 10.2 Å². The third-order valence-corrected chi connectivity index (χ3v) is 8.90. The Hall–Kier alpha value is -2.62. The van der Waals surface area contributed by atoms with Gasteiger partial charge in [-0.3, -0.25) is 0 Å². The van der Waals surface area contributed by atoms with Crippen LogP contribution in [0.3, 0.4) is 0 Å². The van der Waals surface area contributed by atoms with Crippen LogP contribution >= 0.6 is 0 Å². The highest BCUT2D eigenvalue weighted by molar-refractivity contribution is 5.19. The summed E-state index contributed by atoms with van der Waals surface area (Å²) in [5.41, 5.74) is 0. The Labute approximate surface area is 305 Å². The molecule has 0 aromatic carbocycles. The second kappa shape index (κ2) is 41.6. The molecule has 0 aliphatic heterocycles. The van der Waals surface area contributed by atoms with E-state index in [1.807, 2.05) is 6.08 Å². The number of terminal acetylenes is 2. The van der Waals surface area contributed by atoms with E-state index in [0.29, 0.717) is 6.42 Å². The van der Waals surface area contributed by atoms with Gasteiger partial charge in [-0.2, -0.15) is 0 Å². The van der Waals surface area contributed by atoms with Crippen molar-refractivity contribution in [2.24, 2.45) is 0 Å². The van der Waals surface area contributed by atoms with Crippen LogP contribution in [-0.2, 0) is 0 Å². The second-order valence-electron chi connectivity index (χ2n) is 13.6. The smallest absolute Gasteiger partial charge is 0.176 e. The highest BCUT2D eigenvalue weighted by Gasteiger charge is 1.98. The van der Waals surface area contributed by atoms with Crippen molar-refractivity contribution in [1.82, 2.24) is 0 Å². The molecule has 2 atom stereocenters. The van der Waals surface area contributed by atoms with Crippen molar-refractivity contribution in [3.8, 4) is 48.4 Å². The number of hydrogen-bond donors (Lipinski definition) is 2. The number of aliphatic hydroxyl groups excluding tert-OH is 2. The second-order valence-corrected chi connectivity index (χ2v) is 13.6. The fourth-order valence-corrected chi connectivity index (χ4v) is 5.81. The highest BCUT2D eigenvalue weighted by Crippen LogP contribution is 2.14. The van der Waals surface area contributed by atoms with Gasteiger partial charge in [-0.05, 0) is 96.0 Å². The van der Waals surface area contributed by atoms with Crippen LogP contribution in [0.15, 0.2) is 36.5 Å². The maximum Gasteiger partial charge on any atom is 0.176 e. The van der Waals surface area contributed by atoms with Crippen molar-refractivity contribution in [2.45, 2.75) is 211 Å². The zero-order chi connectivity index (χ0) is 35.6. The Morgan fingerprint density at radius 3 is 1.16 bits per heavy atom. The first-order valence-corrected chi connectivity index (χ1v) is 20.4. The molecule has 2 N–H and O–H groups in total. The van der Waals surface area contributed by atoms with Crippen molar-refractivity contribution in [3.05, 3.63) is 36.5 Å². The van der Waals surface area contributed by atoms with Crippen LogP contribution in [0.4, 0.5) is 0 Å². The summed E-state index contributed by atoms with van der Waals surface area (Å²) in [4.78, 5) is 0. The summed E-state index contributed by atoms with van der Waals surface area (Å²) in [6.07, 6.45) is 60.1. The van der Waals surface area contributed by atoms with Crippen molar-refractivity contribution in [2.75, 3.05) is 0 Å². The molecule has 0 amide bonds. The molecule has 0 aliphatic carbocycles. The van der Waals surface area contributed by atoms with Crippen LogP contribution in [0.1, 0.15) is 199 Å². The minimum atomic E-state index is -0.822. The third kappa shape index (κ3) is 41.5. The number of rotatable bonds is 33. The van der Waals surface area contributed by atoms with Gasteiger partial charge in [0.1, 0.15) is 6.10 Å². The van der Waals surface area contributed by atoms with Crippen LogP contribution in [0.5, 0.6) is 0 Å². The molecule has 0 heterocycles. The van der Waals surface area contributed by atoms with Crippen LogP contribution in [-0.4, -0.2) is 22.4 Å². The zero-order valence-electron chi connectivity index (χ0n) is 31.6. The lowest BCUT2D eigenvalue weighted by atomic mass is 10.0. The predicted molar refractivity (Wildman–Crippen MR) is 216 cm³/mol. The topological polar surface area (TPSA) is 40.5 Å². The molecule has 0 saturated carbocycles. The summed E-state index contributed by atoms with van der Waals surface area (Å²) in [6, 6.07) is 0. The minimum absolute atomic E-state index is 0.587. The lowest BCUT2D eigenvalue weighted by molar-refractivity contribution is 0.217. The average Bonchev–Trinajstić information content (AvgIpc) is 3.11. The van der Waals surface area contributed by atoms with E-state index in [2.05, 4.69) is 65.9 Å². The molecule has 49 heavy (non-hydrogen) atoms. The largest absolute Gasteiger partial charge is 0.380 e. The molecule has 0 spiro atoms. The molecular formula is C47H74O2. The molecule has 274 valence electrons. The number of unbranched alkanes of at least 4 members (excludes halogenated alkanes) is 26. The number of aliphatic hydroxyl groups is 2. The molecule has 0 rings (SSSR count). The summed E-state index contributed by atoms with van der Waals surface area (Å²) in [7, 11) is 0. The van der Waals surface area contributed by atoms with Crippen LogP contribution in [0, 0.1) is 48.4 Å². The molecule has 0 saturated heterocycles. The minimum Gasteiger partial charge on any atom is -0.380 e. The summed E-state index contributed by atoms with van der Waals surface area (Å²) in [5.74, 6) is 16.8. The Balaban J connectivity index is 3.38. The monoisotopic (exact) mass is 671 g/mol. The normalized spacial score (nSPS) is 12.4. The van der Waals surface area contributed by atoms with E-state index >= 15 is 0 Å². The Morgan fingerprint density at radius 1 is 0.408 bits per heavy atom. The maximum absolute atomic E-state index is 9.92. The van der Waals surface area contributed by atoms with Gasteiger partial charge in [-0.15, -0.1) is 12.8 Å². The van der Waals surface area contributed by atoms with Crippen LogP contribution < -0.4 is 0 Å². The van der Waals surface area contributed by atoms with E-state index in [0.717, 1.165) is 64.2 Å². The zero-order valence-corrected chi connectivity index (χ0v) is 31.6. The standard InChI is InChI=1S/C47H74O2/c1-3-5-6-7-8-9-10-11-12-13-14-15-16-17-18-19-20-21-22-23-24-25-26-27-28-29-30-31-35-38-41-44-47(49)45-42-39-36-33-32-34-37-40-43-46(48)4-2/h1-2,5-6,22-23,28-29,46-49H,7-21,24-27,30-40,43H2. The summed E-state index contributed by atoms with van der Waals surface area (Å²) in [5, 5.41) is 19.3. The van der Waals surface area contributed by atoms with Gasteiger partial charge >= 0.3 is 0 Å². The fraction of sp³-hybridized carbons (Fsp3) is 0.702. The molecule has 0 aromatic heterocycles. The molecule has 0 fully saturated rings. The van der Waals surface area contributed by atoms with E-state index in [4.69, 9.17) is 12.8 Å². The molecule has 0 bridgehead atoms. The van der Waals surface area contributed by atoms with Gasteiger partial charge in [-0.1, -0.05) is 162 Å². The third-order valence-electron chi connectivity index (χ3n) is 8.90. The van der Waals surface area contributed by atoms with Crippen LogP contribution in [0.2, 0.25) is 0 Å². The summed E-state index contributed by atoms with van der Waals surface area (Å²) in [6.45, 7) is 0. The first kappa shape index (κ1) is 46.4. The molecule has 0 radical (unpaired) electrons. The van der Waals surface area contributed by atoms with Gasteiger partial charge in [0.05, 0.1) is 0 Å². The van der Waals surface area contributed by atoms with E-state index in [1.54, 1.807) is 0 Å². The Bertz CT molecular complexity index is 995. The van der Waals surface area contributed by atoms with Crippen molar-refractivity contribution in [1.29, 1.82) is 0 Å². The van der Waals surface area contributed by atoms with Gasteiger partial charge in [0, 0.05) is 12.8 Å². The number of hydrogen-bond acceptors (Lipinski definition) is 2. The first-order chi connectivity index (χ1) is 24.2. The van der Waals surface area contributed by atoms with E-state index < -0.39 is 12.2 Å².